The van der Waals surface area contributed by atoms with Crippen molar-refractivity contribution in [1.82, 2.24) is 0 Å². The molecule has 0 radical (unpaired) electrons. The van der Waals surface area contributed by atoms with E-state index in [2.05, 4.69) is 10.6 Å². The summed E-state index contributed by atoms with van der Waals surface area (Å²) in [6.45, 7) is 3.28. The van der Waals surface area contributed by atoms with E-state index in [0.29, 0.717) is 16.1 Å². The number of rotatable bonds is 6. The maximum Gasteiger partial charge on any atom is 0.265 e. The van der Waals surface area contributed by atoms with Crippen molar-refractivity contribution in [2.75, 3.05) is 22.0 Å². The number of para-hydroxylation sites is 2. The number of ether oxygens (including phenoxy) is 1. The Balaban J connectivity index is 1.76. The summed E-state index contributed by atoms with van der Waals surface area (Å²) >= 11 is 6.17. The first-order valence-corrected chi connectivity index (χ1v) is 12.7. The lowest BCUT2D eigenvalue weighted by molar-refractivity contribution is -0.122. The molecule has 8 nitrogen and oxygen atoms in total. The van der Waals surface area contributed by atoms with E-state index in [1.807, 2.05) is 0 Å². The van der Waals surface area contributed by atoms with Gasteiger partial charge in [0.05, 0.1) is 35.5 Å². The fraction of sp³-hybridized carbons (Fsp3) is 0.200. The van der Waals surface area contributed by atoms with E-state index in [9.17, 15) is 22.4 Å². The minimum Gasteiger partial charge on any atom is -0.495 e. The molecular formula is C25H23ClFN3O5S. The highest BCUT2D eigenvalue weighted by Crippen LogP contribution is 2.38. The van der Waals surface area contributed by atoms with Crippen LogP contribution in [0.2, 0.25) is 5.02 Å². The van der Waals surface area contributed by atoms with Gasteiger partial charge in [-0.3, -0.25) is 13.9 Å². The normalized spacial score (nSPS) is 15.2. The van der Waals surface area contributed by atoms with Gasteiger partial charge in [-0.25, -0.2) is 12.8 Å². The smallest absolute Gasteiger partial charge is 0.265 e. The molecule has 1 unspecified atom stereocenters. The number of carbonyl (C=O) groups excluding carboxylic acids is 2. The first kappa shape index (κ1) is 25.5. The van der Waals surface area contributed by atoms with Crippen molar-refractivity contribution in [1.29, 1.82) is 0 Å². The Kier molecular flexibility index (Phi) is 6.92. The fourth-order valence-electron chi connectivity index (χ4n) is 4.03. The zero-order chi connectivity index (χ0) is 26.2. The number of benzene rings is 3. The molecule has 1 aliphatic rings. The fourth-order valence-corrected chi connectivity index (χ4v) is 6.17. The van der Waals surface area contributed by atoms with Gasteiger partial charge in [0.2, 0.25) is 11.8 Å². The zero-order valence-corrected chi connectivity index (χ0v) is 21.2. The van der Waals surface area contributed by atoms with Crippen LogP contribution < -0.4 is 19.7 Å². The Bertz CT molecular complexity index is 1480. The van der Waals surface area contributed by atoms with Gasteiger partial charge in [0.15, 0.2) is 0 Å². The van der Waals surface area contributed by atoms with Gasteiger partial charge in [0.25, 0.3) is 10.0 Å². The number of hydrogen-bond donors (Lipinski definition) is 2. The Hall–Kier alpha value is -3.63. The van der Waals surface area contributed by atoms with Gasteiger partial charge in [-0.2, -0.15) is 0 Å². The molecule has 1 atom stereocenters. The minimum atomic E-state index is -4.32. The third-order valence-electron chi connectivity index (χ3n) is 5.79. The van der Waals surface area contributed by atoms with Gasteiger partial charge in [-0.05, 0) is 61.4 Å². The number of hydrogen-bond acceptors (Lipinski definition) is 5. The molecule has 2 N–H and O–H groups in total. The Labute approximate surface area is 213 Å². The Morgan fingerprint density at radius 3 is 2.58 bits per heavy atom. The van der Waals surface area contributed by atoms with Crippen LogP contribution in [0.15, 0.2) is 59.5 Å². The zero-order valence-electron chi connectivity index (χ0n) is 19.6. The molecule has 1 heterocycles. The molecule has 1 aliphatic heterocycles. The number of amides is 2. The SMILES string of the molecule is COc1ccc(F)cc1NC(=O)CC1C(=O)Nc2ccccc2N1S(=O)(=O)c1cc(C)c(Cl)cc1C. The summed E-state index contributed by atoms with van der Waals surface area (Å²) in [5.41, 5.74) is 1.49. The van der Waals surface area contributed by atoms with E-state index in [1.54, 1.807) is 38.1 Å². The maximum absolute atomic E-state index is 14.0. The van der Waals surface area contributed by atoms with Gasteiger partial charge in [-0.15, -0.1) is 0 Å². The van der Waals surface area contributed by atoms with Crippen LogP contribution in [0, 0.1) is 19.7 Å². The second-order valence-electron chi connectivity index (χ2n) is 8.29. The van der Waals surface area contributed by atoms with E-state index < -0.39 is 40.1 Å². The van der Waals surface area contributed by atoms with Crippen LogP contribution in [0.1, 0.15) is 17.5 Å². The summed E-state index contributed by atoms with van der Waals surface area (Å²) in [6, 6.07) is 11.6. The predicted octanol–water partition coefficient (Wildman–Crippen LogP) is 4.65. The molecule has 11 heteroatoms. The highest BCUT2D eigenvalue weighted by atomic mass is 35.5. The van der Waals surface area contributed by atoms with Gasteiger partial charge in [-0.1, -0.05) is 23.7 Å². The average Bonchev–Trinajstić information content (AvgIpc) is 2.81. The number of carbonyl (C=O) groups is 2. The van der Waals surface area contributed by atoms with Gasteiger partial charge in [0.1, 0.15) is 17.6 Å². The summed E-state index contributed by atoms with van der Waals surface area (Å²) in [5.74, 6) is -1.78. The lowest BCUT2D eigenvalue weighted by Crippen LogP contribution is -2.52. The third kappa shape index (κ3) is 4.74. The molecule has 0 aromatic heterocycles. The minimum absolute atomic E-state index is 0.0360. The number of methoxy groups -OCH3 is 1. The third-order valence-corrected chi connectivity index (χ3v) is 8.16. The molecule has 0 saturated carbocycles. The highest BCUT2D eigenvalue weighted by molar-refractivity contribution is 7.93. The molecule has 0 bridgehead atoms. The molecule has 4 rings (SSSR count). The number of fused-ring (bicyclic) bond motifs is 1. The number of sulfonamides is 1. The summed E-state index contributed by atoms with van der Waals surface area (Å²) < 4.78 is 47.8. The van der Waals surface area contributed by atoms with Crippen LogP contribution in [0.4, 0.5) is 21.5 Å². The van der Waals surface area contributed by atoms with Crippen molar-refractivity contribution < 1.29 is 27.1 Å². The summed E-state index contributed by atoms with van der Waals surface area (Å²) in [4.78, 5) is 26.1. The number of nitrogens with one attached hydrogen (secondary N) is 2. The van der Waals surface area contributed by atoms with Crippen molar-refractivity contribution in [3.05, 3.63) is 76.6 Å². The van der Waals surface area contributed by atoms with Crippen LogP contribution in [0.5, 0.6) is 5.75 Å². The van der Waals surface area contributed by atoms with Crippen molar-refractivity contribution in [3.8, 4) is 5.75 Å². The predicted molar refractivity (Wildman–Crippen MR) is 136 cm³/mol. The topological polar surface area (TPSA) is 105 Å². The van der Waals surface area contributed by atoms with Crippen molar-refractivity contribution in [2.45, 2.75) is 31.2 Å². The molecular weight excluding hydrogens is 509 g/mol. The lowest BCUT2D eigenvalue weighted by atomic mass is 10.1. The van der Waals surface area contributed by atoms with Crippen LogP contribution in [-0.4, -0.2) is 33.4 Å². The second-order valence-corrected chi connectivity index (χ2v) is 10.5. The summed E-state index contributed by atoms with van der Waals surface area (Å²) in [5, 5.41) is 5.59. The summed E-state index contributed by atoms with van der Waals surface area (Å²) in [7, 11) is -2.96. The first-order chi connectivity index (χ1) is 17.0. The molecule has 0 fully saturated rings. The standard InChI is InChI=1S/C25H23ClFN3O5S/c1-14-11-23(15(2)10-17(14)26)36(33,34)30-20-7-5-4-6-18(20)29-25(32)21(30)13-24(31)28-19-12-16(27)8-9-22(19)35-3/h4-12,21H,13H2,1-3H3,(H,28,31)(H,29,32). The van der Waals surface area contributed by atoms with Gasteiger partial charge in [0, 0.05) is 11.1 Å². The Morgan fingerprint density at radius 1 is 1.14 bits per heavy atom. The van der Waals surface area contributed by atoms with Crippen LogP contribution in [0.3, 0.4) is 0 Å². The van der Waals surface area contributed by atoms with Crippen molar-refractivity contribution in [3.63, 3.8) is 0 Å². The first-order valence-electron chi connectivity index (χ1n) is 10.9. The Morgan fingerprint density at radius 2 is 1.86 bits per heavy atom. The average molecular weight is 532 g/mol. The van der Waals surface area contributed by atoms with E-state index in [1.165, 1.54) is 31.4 Å². The molecule has 188 valence electrons. The van der Waals surface area contributed by atoms with Crippen LogP contribution in [-0.2, 0) is 19.6 Å². The van der Waals surface area contributed by atoms with E-state index in [0.717, 1.165) is 10.4 Å². The molecule has 3 aromatic carbocycles. The van der Waals surface area contributed by atoms with Gasteiger partial charge < -0.3 is 15.4 Å². The van der Waals surface area contributed by atoms with Gasteiger partial charge >= 0.3 is 0 Å². The number of halogens is 2. The molecule has 36 heavy (non-hydrogen) atoms. The molecule has 0 aliphatic carbocycles. The van der Waals surface area contributed by atoms with Crippen LogP contribution in [0.25, 0.3) is 0 Å². The van der Waals surface area contributed by atoms with E-state index in [4.69, 9.17) is 16.3 Å². The highest BCUT2D eigenvalue weighted by Gasteiger charge is 2.42. The van der Waals surface area contributed by atoms with Crippen LogP contribution >= 0.6 is 11.6 Å². The quantitative estimate of drug-likeness (QED) is 0.482. The molecule has 2 amide bonds. The summed E-state index contributed by atoms with van der Waals surface area (Å²) in [6.07, 6.45) is -0.537. The monoisotopic (exact) mass is 531 g/mol. The molecule has 0 saturated heterocycles. The van der Waals surface area contributed by atoms with Crippen molar-refractivity contribution in [2.24, 2.45) is 0 Å². The molecule has 3 aromatic rings. The lowest BCUT2D eigenvalue weighted by Gasteiger charge is -2.37. The number of anilines is 3. The number of nitrogens with zero attached hydrogens (tertiary/aromatic N) is 1. The van der Waals surface area contributed by atoms with E-state index in [-0.39, 0.29) is 27.7 Å². The maximum atomic E-state index is 14.0. The molecule has 0 spiro atoms. The number of aryl methyl sites for hydroxylation is 2. The largest absolute Gasteiger partial charge is 0.495 e. The van der Waals surface area contributed by atoms with Crippen molar-refractivity contribution >= 4 is 50.5 Å². The van der Waals surface area contributed by atoms with E-state index >= 15 is 0 Å². The second kappa shape index (κ2) is 9.79.